The molecule has 0 aromatic heterocycles. The minimum absolute atomic E-state index is 0.00583. The van der Waals surface area contributed by atoms with Crippen molar-refractivity contribution in [3.05, 3.63) is 12.7 Å². The first-order valence-electron chi connectivity index (χ1n) is 5.27. The molecule has 0 saturated carbocycles. The highest BCUT2D eigenvalue weighted by molar-refractivity contribution is 6.00. The molecule has 2 atom stereocenters. The number of rotatable bonds is 4. The van der Waals surface area contributed by atoms with Gasteiger partial charge in [0.1, 0.15) is 6.04 Å². The summed E-state index contributed by atoms with van der Waals surface area (Å²) in [6.45, 7) is 2.38. The van der Waals surface area contributed by atoms with Gasteiger partial charge in [-0.25, -0.2) is 9.59 Å². The van der Waals surface area contributed by atoms with Crippen LogP contribution in [0, 0.1) is 5.41 Å². The van der Waals surface area contributed by atoms with E-state index in [0.29, 0.717) is 4.90 Å². The third-order valence-electron chi connectivity index (χ3n) is 3.17. The van der Waals surface area contributed by atoms with Gasteiger partial charge in [0.2, 0.25) is 0 Å². The Morgan fingerprint density at radius 1 is 1.67 bits per heavy atom. The minimum Gasteiger partial charge on any atom is -0.467 e. The maximum Gasteiger partial charge on any atom is 0.408 e. The highest BCUT2D eigenvalue weighted by Crippen LogP contribution is 2.38. The molecule has 1 fully saturated rings. The van der Waals surface area contributed by atoms with Crippen LogP contribution in [0.1, 0.15) is 6.42 Å². The van der Waals surface area contributed by atoms with Crippen LogP contribution in [-0.4, -0.2) is 59.3 Å². The molecule has 1 aliphatic heterocycles. The van der Waals surface area contributed by atoms with Crippen LogP contribution in [-0.2, 0) is 14.3 Å². The van der Waals surface area contributed by atoms with Crippen molar-refractivity contribution in [1.29, 1.82) is 0 Å². The first-order chi connectivity index (χ1) is 8.44. The molecule has 1 saturated heterocycles. The number of hydrogen-bond donors (Lipinski definition) is 2. The lowest BCUT2D eigenvalue weighted by Gasteiger charge is -2.31. The van der Waals surface area contributed by atoms with Crippen LogP contribution in [0.3, 0.4) is 0 Å². The second kappa shape index (κ2) is 5.18. The second-order valence-electron chi connectivity index (χ2n) is 4.07. The van der Waals surface area contributed by atoms with Gasteiger partial charge in [-0.1, -0.05) is 6.08 Å². The number of carbonyl (C=O) groups excluding carboxylic acids is 2. The fraction of sp³-hybridized carbons (Fsp3) is 0.545. The number of likely N-dealkylation sites (tertiary alicyclic amines) is 1. The zero-order chi connectivity index (χ0) is 13.9. The molecule has 1 rings (SSSR count). The lowest BCUT2D eigenvalue weighted by atomic mass is 9.77. The van der Waals surface area contributed by atoms with Gasteiger partial charge in [0.05, 0.1) is 25.7 Å². The zero-order valence-corrected chi connectivity index (χ0v) is 9.96. The van der Waals surface area contributed by atoms with Crippen LogP contribution in [0.5, 0.6) is 0 Å². The number of esters is 1. The topological polar surface area (TPSA) is 104 Å². The Morgan fingerprint density at radius 3 is 2.67 bits per heavy atom. The molecular formula is C11H15NO6. The van der Waals surface area contributed by atoms with E-state index in [4.69, 9.17) is 5.11 Å². The summed E-state index contributed by atoms with van der Waals surface area (Å²) >= 11 is 0. The zero-order valence-electron chi connectivity index (χ0n) is 9.96. The first kappa shape index (κ1) is 14.2. The van der Waals surface area contributed by atoms with Crippen molar-refractivity contribution in [2.75, 3.05) is 20.3 Å². The van der Waals surface area contributed by atoms with Crippen LogP contribution >= 0.6 is 0 Å². The van der Waals surface area contributed by atoms with Crippen LogP contribution in [0.15, 0.2) is 12.7 Å². The fourth-order valence-electron chi connectivity index (χ4n) is 2.22. The molecule has 0 aromatic carbocycles. The van der Waals surface area contributed by atoms with Gasteiger partial charge in [-0.3, -0.25) is 9.69 Å². The summed E-state index contributed by atoms with van der Waals surface area (Å²) in [6.07, 6.45) is -0.0282. The SMILES string of the molecule is C=CCC1(CO)C(=O)CN(C(=O)O)C1C(=O)OC. The summed E-state index contributed by atoms with van der Waals surface area (Å²) in [7, 11) is 1.10. The Balaban J connectivity index is 3.27. The van der Waals surface area contributed by atoms with E-state index in [1.165, 1.54) is 6.08 Å². The first-order valence-corrected chi connectivity index (χ1v) is 5.27. The number of methoxy groups -OCH3 is 1. The third kappa shape index (κ3) is 1.97. The standard InChI is InChI=1S/C11H15NO6/c1-3-4-11(6-13)7(14)5-12(10(16)17)8(11)9(15)18-2/h3,8,13H,1,4-6H2,2H3,(H,16,17). The number of aliphatic hydroxyl groups excluding tert-OH is 1. The smallest absolute Gasteiger partial charge is 0.408 e. The Bertz CT molecular complexity index is 393. The molecule has 1 amide bonds. The fourth-order valence-corrected chi connectivity index (χ4v) is 2.22. The minimum atomic E-state index is -1.49. The largest absolute Gasteiger partial charge is 0.467 e. The maximum atomic E-state index is 11.9. The molecule has 2 N–H and O–H groups in total. The predicted octanol–water partition coefficient (Wildman–Crippen LogP) is -0.355. The molecule has 0 aromatic rings. The Kier molecular flexibility index (Phi) is 4.07. The normalized spacial score (nSPS) is 27.1. The van der Waals surface area contributed by atoms with Gasteiger partial charge >= 0.3 is 12.1 Å². The van der Waals surface area contributed by atoms with E-state index in [-0.39, 0.29) is 6.42 Å². The van der Waals surface area contributed by atoms with Crippen molar-refractivity contribution in [3.8, 4) is 0 Å². The van der Waals surface area contributed by atoms with Crippen LogP contribution in [0.2, 0.25) is 0 Å². The van der Waals surface area contributed by atoms with E-state index in [1.807, 2.05) is 0 Å². The van der Waals surface area contributed by atoms with E-state index >= 15 is 0 Å². The summed E-state index contributed by atoms with van der Waals surface area (Å²) in [5.74, 6) is -1.37. The molecule has 0 spiro atoms. The Hall–Kier alpha value is -1.89. The van der Waals surface area contributed by atoms with Gasteiger partial charge in [0.25, 0.3) is 0 Å². The maximum absolute atomic E-state index is 11.9. The number of ether oxygens (including phenoxy) is 1. The number of nitrogens with zero attached hydrogens (tertiary/aromatic N) is 1. The van der Waals surface area contributed by atoms with Gasteiger partial charge in [-0.2, -0.15) is 0 Å². The third-order valence-corrected chi connectivity index (χ3v) is 3.17. The van der Waals surface area contributed by atoms with Gasteiger partial charge in [0, 0.05) is 0 Å². The van der Waals surface area contributed by atoms with Gasteiger partial charge in [-0.15, -0.1) is 6.58 Å². The number of amides is 1. The van der Waals surface area contributed by atoms with Crippen molar-refractivity contribution < 1.29 is 29.3 Å². The Labute approximate surface area is 104 Å². The van der Waals surface area contributed by atoms with Gasteiger partial charge in [-0.05, 0) is 6.42 Å². The second-order valence-corrected chi connectivity index (χ2v) is 4.07. The quantitative estimate of drug-likeness (QED) is 0.526. The molecule has 0 bridgehead atoms. The highest BCUT2D eigenvalue weighted by Gasteiger charge is 2.58. The molecule has 7 nitrogen and oxygen atoms in total. The summed E-state index contributed by atoms with van der Waals surface area (Å²) in [4.78, 5) is 35.4. The molecule has 0 radical (unpaired) electrons. The number of aliphatic hydroxyl groups is 1. The Morgan fingerprint density at radius 2 is 2.28 bits per heavy atom. The molecule has 0 aliphatic carbocycles. The molecule has 7 heteroatoms. The lowest BCUT2D eigenvalue weighted by Crippen LogP contribution is -2.50. The van der Waals surface area contributed by atoms with Crippen molar-refractivity contribution in [1.82, 2.24) is 4.90 Å². The molecular weight excluding hydrogens is 242 g/mol. The van der Waals surface area contributed by atoms with E-state index in [2.05, 4.69) is 11.3 Å². The number of allylic oxidation sites excluding steroid dienone is 1. The number of hydrogen-bond acceptors (Lipinski definition) is 5. The monoisotopic (exact) mass is 257 g/mol. The predicted molar refractivity (Wildman–Crippen MR) is 59.9 cm³/mol. The summed E-state index contributed by atoms with van der Waals surface area (Å²) in [5.41, 5.74) is -1.49. The van der Waals surface area contributed by atoms with Gasteiger partial charge < -0.3 is 14.9 Å². The lowest BCUT2D eigenvalue weighted by molar-refractivity contribution is -0.151. The van der Waals surface area contributed by atoms with E-state index in [1.54, 1.807) is 0 Å². The van der Waals surface area contributed by atoms with E-state index in [9.17, 15) is 19.5 Å². The summed E-state index contributed by atoms with van der Waals surface area (Å²) in [6, 6.07) is -1.34. The van der Waals surface area contributed by atoms with E-state index in [0.717, 1.165) is 7.11 Å². The summed E-state index contributed by atoms with van der Waals surface area (Å²) in [5, 5.41) is 18.4. The van der Waals surface area contributed by atoms with Crippen molar-refractivity contribution in [3.63, 3.8) is 0 Å². The van der Waals surface area contributed by atoms with Gasteiger partial charge in [0.15, 0.2) is 5.78 Å². The van der Waals surface area contributed by atoms with Crippen LogP contribution < -0.4 is 0 Å². The van der Waals surface area contributed by atoms with Crippen molar-refractivity contribution >= 4 is 17.8 Å². The van der Waals surface area contributed by atoms with Crippen molar-refractivity contribution in [2.45, 2.75) is 12.5 Å². The average Bonchev–Trinajstić information content (AvgIpc) is 2.63. The van der Waals surface area contributed by atoms with E-state index < -0.39 is 42.5 Å². The number of carbonyl (C=O) groups is 3. The number of Topliss-reactive ketones (excluding diaryl/α,β-unsaturated/α-hetero) is 1. The van der Waals surface area contributed by atoms with Crippen LogP contribution in [0.25, 0.3) is 0 Å². The van der Waals surface area contributed by atoms with Crippen LogP contribution in [0.4, 0.5) is 4.79 Å². The molecule has 100 valence electrons. The average molecular weight is 257 g/mol. The molecule has 1 aliphatic rings. The molecule has 18 heavy (non-hydrogen) atoms. The van der Waals surface area contributed by atoms with Crippen molar-refractivity contribution in [2.24, 2.45) is 5.41 Å². The summed E-state index contributed by atoms with van der Waals surface area (Å²) < 4.78 is 4.52. The highest BCUT2D eigenvalue weighted by atomic mass is 16.5. The molecule has 1 heterocycles. The number of carboxylic acid groups (broad SMARTS) is 1. The molecule has 2 unspecified atom stereocenters. The number of ketones is 1.